The molecule has 0 spiro atoms. The third kappa shape index (κ3) is 5.80. The van der Waals surface area contributed by atoms with Gasteiger partial charge < -0.3 is 26.3 Å². The number of aromatic amines is 1. The Morgan fingerprint density at radius 2 is 1.97 bits per heavy atom. The number of carbonyl (C=O) groups is 1. The van der Waals surface area contributed by atoms with Gasteiger partial charge in [0.1, 0.15) is 11.6 Å². The number of imidazole rings is 1. The van der Waals surface area contributed by atoms with Crippen molar-refractivity contribution in [3.8, 4) is 0 Å². The molecular formula is C28H33F2N7O. The largest absolute Gasteiger partial charge is 0.341 e. The van der Waals surface area contributed by atoms with E-state index in [1.54, 1.807) is 44.4 Å². The van der Waals surface area contributed by atoms with E-state index in [9.17, 15) is 13.6 Å². The fourth-order valence-electron chi connectivity index (χ4n) is 5.40. The number of rotatable bonds is 7. The van der Waals surface area contributed by atoms with Crippen LogP contribution in [0.3, 0.4) is 0 Å². The lowest BCUT2D eigenvalue weighted by Gasteiger charge is -2.43. The van der Waals surface area contributed by atoms with Gasteiger partial charge in [0.05, 0.1) is 35.1 Å². The van der Waals surface area contributed by atoms with Crippen LogP contribution in [0.2, 0.25) is 0 Å². The molecule has 0 saturated heterocycles. The van der Waals surface area contributed by atoms with Crippen LogP contribution in [0.15, 0.2) is 42.9 Å². The van der Waals surface area contributed by atoms with Crippen LogP contribution in [0, 0.1) is 29.9 Å². The van der Waals surface area contributed by atoms with E-state index in [-0.39, 0.29) is 41.1 Å². The van der Waals surface area contributed by atoms with Gasteiger partial charge in [0.25, 0.3) is 0 Å². The number of anilines is 2. The first-order valence-corrected chi connectivity index (χ1v) is 12.5. The van der Waals surface area contributed by atoms with Crippen molar-refractivity contribution >= 4 is 29.3 Å². The summed E-state index contributed by atoms with van der Waals surface area (Å²) in [6.45, 7) is 5.28. The number of likely N-dealkylation sites (N-methyl/N-ethyl adjacent to an activating group) is 1. The zero-order valence-corrected chi connectivity index (χ0v) is 21.9. The number of allylic oxidation sites excluding steroid dienone is 1. The van der Waals surface area contributed by atoms with Crippen molar-refractivity contribution in [3.05, 3.63) is 76.9 Å². The first kappa shape index (κ1) is 27.1. The molecule has 2 heterocycles. The molecular weight excluding hydrogens is 488 g/mol. The van der Waals surface area contributed by atoms with Crippen LogP contribution < -0.4 is 11.1 Å². The number of nitrogens with zero attached hydrogens (tertiary/aromatic N) is 3. The molecule has 1 aromatic carbocycles. The lowest BCUT2D eigenvalue weighted by molar-refractivity contribution is -0.131. The molecule has 10 heteroatoms. The molecule has 3 aromatic rings. The van der Waals surface area contributed by atoms with E-state index in [4.69, 9.17) is 11.1 Å². The minimum atomic E-state index is -0.774. The molecule has 1 aliphatic carbocycles. The average molecular weight is 522 g/mol. The van der Waals surface area contributed by atoms with Gasteiger partial charge in [0.15, 0.2) is 0 Å². The zero-order valence-electron chi connectivity index (χ0n) is 21.9. The molecule has 1 fully saturated rings. The molecule has 0 radical (unpaired) electrons. The minimum absolute atomic E-state index is 0.00830. The van der Waals surface area contributed by atoms with Crippen LogP contribution in [0.25, 0.3) is 6.08 Å². The van der Waals surface area contributed by atoms with Gasteiger partial charge in [-0.05, 0) is 73.1 Å². The highest BCUT2D eigenvalue weighted by molar-refractivity contribution is 6.09. The van der Waals surface area contributed by atoms with Crippen LogP contribution in [0.4, 0.5) is 20.4 Å². The Hall–Kier alpha value is -3.92. The highest BCUT2D eigenvalue weighted by Gasteiger charge is 2.38. The third-order valence-corrected chi connectivity index (χ3v) is 7.21. The molecule has 200 valence electrons. The van der Waals surface area contributed by atoms with Crippen molar-refractivity contribution in [1.29, 1.82) is 5.41 Å². The van der Waals surface area contributed by atoms with Crippen LogP contribution in [0.1, 0.15) is 55.0 Å². The van der Waals surface area contributed by atoms with E-state index >= 15 is 0 Å². The number of nitrogens with two attached hydrogens (primary N) is 1. The van der Waals surface area contributed by atoms with E-state index < -0.39 is 11.6 Å². The average Bonchev–Trinajstić information content (AvgIpc) is 3.29. The number of aromatic nitrogens is 3. The lowest BCUT2D eigenvalue weighted by Crippen LogP contribution is -2.54. The topological polar surface area (TPSA) is 124 Å². The molecule has 0 aliphatic heterocycles. The van der Waals surface area contributed by atoms with E-state index in [2.05, 4.69) is 27.2 Å². The summed E-state index contributed by atoms with van der Waals surface area (Å²) in [5.74, 6) is -0.684. The van der Waals surface area contributed by atoms with Crippen molar-refractivity contribution < 1.29 is 13.6 Å². The Morgan fingerprint density at radius 3 is 2.63 bits per heavy atom. The fraction of sp³-hybridized carbons (Fsp3) is 0.357. The number of nitrogens with one attached hydrogen (secondary N) is 3. The summed E-state index contributed by atoms with van der Waals surface area (Å²) in [6.07, 6.45) is 9.50. The number of pyridine rings is 1. The van der Waals surface area contributed by atoms with Gasteiger partial charge in [-0.3, -0.25) is 9.78 Å². The Morgan fingerprint density at radius 1 is 1.26 bits per heavy atom. The van der Waals surface area contributed by atoms with Crippen molar-refractivity contribution in [2.75, 3.05) is 12.4 Å². The number of carbonyl (C=O) groups excluding carboxylic acids is 1. The van der Waals surface area contributed by atoms with Gasteiger partial charge in [-0.2, -0.15) is 0 Å². The van der Waals surface area contributed by atoms with Gasteiger partial charge in [-0.15, -0.1) is 0 Å². The number of halogens is 2. The number of hydrogen-bond acceptors (Lipinski definition) is 6. The van der Waals surface area contributed by atoms with E-state index in [1.807, 2.05) is 6.07 Å². The quantitative estimate of drug-likeness (QED) is 0.329. The van der Waals surface area contributed by atoms with Gasteiger partial charge in [0, 0.05) is 32.3 Å². The zero-order chi connectivity index (χ0) is 27.6. The molecule has 0 unspecified atom stereocenters. The Bertz CT molecular complexity index is 1330. The van der Waals surface area contributed by atoms with Crippen molar-refractivity contribution in [1.82, 2.24) is 19.9 Å². The molecule has 5 N–H and O–H groups in total. The second-order valence-electron chi connectivity index (χ2n) is 10.1. The van der Waals surface area contributed by atoms with E-state index in [1.165, 1.54) is 24.3 Å². The monoisotopic (exact) mass is 521 g/mol. The summed E-state index contributed by atoms with van der Waals surface area (Å²) in [5.41, 5.74) is 8.75. The van der Waals surface area contributed by atoms with E-state index in [0.717, 1.165) is 24.1 Å². The predicted octanol–water partition coefficient (Wildman–Crippen LogP) is 4.90. The maximum atomic E-state index is 14.2. The first-order valence-electron chi connectivity index (χ1n) is 12.5. The highest BCUT2D eigenvalue weighted by atomic mass is 19.1. The Balaban J connectivity index is 1.48. The van der Waals surface area contributed by atoms with Gasteiger partial charge in [-0.25, -0.2) is 13.8 Å². The maximum absolute atomic E-state index is 14.2. The normalized spacial score (nSPS) is 21.4. The predicted molar refractivity (Wildman–Crippen MR) is 144 cm³/mol. The molecule has 1 amide bonds. The number of aryl methyl sites for hydroxylation is 1. The summed E-state index contributed by atoms with van der Waals surface area (Å²) >= 11 is 0. The van der Waals surface area contributed by atoms with Gasteiger partial charge >= 0.3 is 0 Å². The second-order valence-corrected chi connectivity index (χ2v) is 10.1. The summed E-state index contributed by atoms with van der Waals surface area (Å²) < 4.78 is 28.4. The minimum Gasteiger partial charge on any atom is -0.341 e. The number of benzene rings is 1. The van der Waals surface area contributed by atoms with Crippen LogP contribution >= 0.6 is 0 Å². The van der Waals surface area contributed by atoms with Gasteiger partial charge in [-0.1, -0.05) is 6.92 Å². The lowest BCUT2D eigenvalue weighted by atomic mass is 9.73. The standard InChI is InChI=1S/C28H33F2N7O/c1-15-9-21(29)26(22(30)10-15)23(31)6-5-19-13-34-28(35-19)36-25-14-33-8-7-20(25)18-11-16(2)27(24(32)12-18)37(4)17(3)38/h5-10,13-14,16,18,24,27,31H,11-12,32H2,1-4H3,(H2,34,35,36)/b6-5-,31-23?/t16-,18+,24+,27-/m0/s1. The van der Waals surface area contributed by atoms with Crippen molar-refractivity contribution in [2.45, 2.75) is 51.6 Å². The molecule has 1 saturated carbocycles. The highest BCUT2D eigenvalue weighted by Crippen LogP contribution is 2.40. The van der Waals surface area contributed by atoms with Crippen LogP contribution in [-0.2, 0) is 4.79 Å². The molecule has 8 nitrogen and oxygen atoms in total. The molecule has 4 atom stereocenters. The fourth-order valence-corrected chi connectivity index (χ4v) is 5.40. The number of H-pyrrole nitrogens is 1. The summed E-state index contributed by atoms with van der Waals surface area (Å²) in [5, 5.41) is 11.4. The van der Waals surface area contributed by atoms with Crippen molar-refractivity contribution in [3.63, 3.8) is 0 Å². The molecule has 0 bridgehead atoms. The molecule has 38 heavy (non-hydrogen) atoms. The summed E-state index contributed by atoms with van der Waals surface area (Å²) in [7, 11) is 1.81. The van der Waals surface area contributed by atoms with Crippen LogP contribution in [-0.4, -0.2) is 50.6 Å². The maximum Gasteiger partial charge on any atom is 0.219 e. The second kappa shape index (κ2) is 11.2. The van der Waals surface area contributed by atoms with Crippen LogP contribution in [0.5, 0.6) is 0 Å². The van der Waals surface area contributed by atoms with E-state index in [0.29, 0.717) is 17.2 Å². The summed E-state index contributed by atoms with van der Waals surface area (Å²) in [4.78, 5) is 25.4. The Labute approximate surface area is 220 Å². The number of amides is 1. The summed E-state index contributed by atoms with van der Waals surface area (Å²) in [6, 6.07) is 4.20. The van der Waals surface area contributed by atoms with Gasteiger partial charge in [0.2, 0.25) is 11.9 Å². The molecule has 2 aromatic heterocycles. The Kier molecular flexibility index (Phi) is 8.01. The molecule has 1 aliphatic rings. The first-order chi connectivity index (χ1) is 18.0. The molecule has 4 rings (SSSR count). The third-order valence-electron chi connectivity index (χ3n) is 7.21. The SMILES string of the molecule is CC(=O)N(C)[C@@H]1[C@H](N)C[C@H](c2ccncc2Nc2ncc(/C=C\C(=N)c3c(F)cc(C)cc3F)[nH]2)C[C@@H]1C. The number of hydrogen-bond donors (Lipinski definition) is 4. The van der Waals surface area contributed by atoms with Crippen molar-refractivity contribution in [2.24, 2.45) is 11.7 Å². The smallest absolute Gasteiger partial charge is 0.219 e.